The van der Waals surface area contributed by atoms with Crippen LogP contribution >= 0.6 is 0 Å². The van der Waals surface area contributed by atoms with Crippen molar-refractivity contribution in [2.45, 2.75) is 46.2 Å². The Morgan fingerprint density at radius 3 is 2.72 bits per heavy atom. The van der Waals surface area contributed by atoms with Crippen LogP contribution in [0.3, 0.4) is 0 Å². The number of aryl methyl sites for hydroxylation is 2. The number of nitrogens with one attached hydrogen (secondary N) is 1. The molecule has 1 aliphatic rings. The molecule has 4 heteroatoms. The van der Waals surface area contributed by atoms with E-state index in [-0.39, 0.29) is 0 Å². The Kier molecular flexibility index (Phi) is 4.40. The summed E-state index contributed by atoms with van der Waals surface area (Å²) in [6.45, 7) is 11.0. The summed E-state index contributed by atoms with van der Waals surface area (Å²) in [7, 11) is 2.03. The normalized spacial score (nSPS) is 19.9. The Hall–Kier alpha value is -0.870. The molecular formula is C14H26N4. The molecule has 0 bridgehead atoms. The molecule has 1 saturated heterocycles. The van der Waals surface area contributed by atoms with Gasteiger partial charge in [-0.1, -0.05) is 6.92 Å². The monoisotopic (exact) mass is 250 g/mol. The van der Waals surface area contributed by atoms with Gasteiger partial charge in [0.15, 0.2) is 0 Å². The van der Waals surface area contributed by atoms with Gasteiger partial charge >= 0.3 is 0 Å². The SMILES string of the molecule is CCN(Cc1c(C)nn(C)c1C)CC1CCCN1. The number of hydrogen-bond acceptors (Lipinski definition) is 3. The highest BCUT2D eigenvalue weighted by molar-refractivity contribution is 5.24. The lowest BCUT2D eigenvalue weighted by atomic mass is 10.1. The number of likely N-dealkylation sites (N-methyl/N-ethyl adjacent to an activating group) is 1. The second-order valence-electron chi connectivity index (χ2n) is 5.39. The Labute approximate surface area is 110 Å². The van der Waals surface area contributed by atoms with E-state index >= 15 is 0 Å². The Balaban J connectivity index is 2.00. The van der Waals surface area contributed by atoms with Crippen LogP contribution in [0.25, 0.3) is 0 Å². The summed E-state index contributed by atoms with van der Waals surface area (Å²) in [4.78, 5) is 2.53. The molecule has 0 spiro atoms. The fraction of sp³-hybridized carbons (Fsp3) is 0.786. The highest BCUT2D eigenvalue weighted by atomic mass is 15.3. The minimum atomic E-state index is 0.683. The van der Waals surface area contributed by atoms with E-state index in [2.05, 4.69) is 36.1 Å². The fourth-order valence-electron chi connectivity index (χ4n) is 2.80. The number of nitrogens with zero attached hydrogens (tertiary/aromatic N) is 3. The summed E-state index contributed by atoms with van der Waals surface area (Å²) in [5.74, 6) is 0. The van der Waals surface area contributed by atoms with E-state index in [4.69, 9.17) is 0 Å². The van der Waals surface area contributed by atoms with E-state index in [9.17, 15) is 0 Å². The van der Waals surface area contributed by atoms with Gasteiger partial charge in [0.05, 0.1) is 5.69 Å². The van der Waals surface area contributed by atoms with Crippen molar-refractivity contribution in [1.82, 2.24) is 20.0 Å². The van der Waals surface area contributed by atoms with Crippen molar-refractivity contribution in [3.05, 3.63) is 17.0 Å². The second kappa shape index (κ2) is 5.85. The molecule has 0 saturated carbocycles. The molecule has 1 unspecified atom stereocenters. The van der Waals surface area contributed by atoms with Crippen molar-refractivity contribution < 1.29 is 0 Å². The van der Waals surface area contributed by atoms with Crippen LogP contribution in [0.15, 0.2) is 0 Å². The zero-order valence-electron chi connectivity index (χ0n) is 12.2. The van der Waals surface area contributed by atoms with Gasteiger partial charge < -0.3 is 5.32 Å². The van der Waals surface area contributed by atoms with Crippen LogP contribution in [-0.2, 0) is 13.6 Å². The van der Waals surface area contributed by atoms with Crippen LogP contribution < -0.4 is 5.32 Å². The largest absolute Gasteiger partial charge is 0.313 e. The van der Waals surface area contributed by atoms with Crippen LogP contribution in [0.2, 0.25) is 0 Å². The smallest absolute Gasteiger partial charge is 0.0641 e. The molecule has 4 nitrogen and oxygen atoms in total. The number of hydrogen-bond donors (Lipinski definition) is 1. The molecule has 2 rings (SSSR count). The van der Waals surface area contributed by atoms with Gasteiger partial charge in [0.1, 0.15) is 0 Å². The first-order valence-electron chi connectivity index (χ1n) is 7.06. The lowest BCUT2D eigenvalue weighted by Crippen LogP contribution is -2.37. The van der Waals surface area contributed by atoms with Crippen molar-refractivity contribution >= 4 is 0 Å². The molecule has 1 aliphatic heterocycles. The van der Waals surface area contributed by atoms with E-state index in [1.165, 1.54) is 36.3 Å². The third-order valence-corrected chi connectivity index (χ3v) is 4.13. The zero-order valence-corrected chi connectivity index (χ0v) is 12.2. The number of rotatable bonds is 5. The van der Waals surface area contributed by atoms with E-state index in [1.807, 2.05) is 11.7 Å². The quantitative estimate of drug-likeness (QED) is 0.862. The van der Waals surface area contributed by atoms with Crippen LogP contribution in [0.1, 0.15) is 36.7 Å². The van der Waals surface area contributed by atoms with E-state index in [0.29, 0.717) is 6.04 Å². The molecule has 1 atom stereocenters. The summed E-state index contributed by atoms with van der Waals surface area (Å²) in [6, 6.07) is 0.683. The summed E-state index contributed by atoms with van der Waals surface area (Å²) in [5.41, 5.74) is 3.87. The van der Waals surface area contributed by atoms with E-state index in [0.717, 1.165) is 19.6 Å². The summed E-state index contributed by atoms with van der Waals surface area (Å²) < 4.78 is 1.99. The molecule has 1 aromatic rings. The van der Waals surface area contributed by atoms with Crippen molar-refractivity contribution in [2.24, 2.45) is 7.05 Å². The maximum atomic E-state index is 4.50. The van der Waals surface area contributed by atoms with Crippen molar-refractivity contribution in [3.8, 4) is 0 Å². The topological polar surface area (TPSA) is 33.1 Å². The van der Waals surface area contributed by atoms with Gasteiger partial charge in [-0.05, 0) is 39.8 Å². The average molecular weight is 250 g/mol. The molecule has 18 heavy (non-hydrogen) atoms. The van der Waals surface area contributed by atoms with Crippen molar-refractivity contribution in [2.75, 3.05) is 19.6 Å². The average Bonchev–Trinajstić information content (AvgIpc) is 2.92. The highest BCUT2D eigenvalue weighted by Crippen LogP contribution is 2.16. The summed E-state index contributed by atoms with van der Waals surface area (Å²) in [5, 5.41) is 8.08. The molecule has 1 N–H and O–H groups in total. The first-order chi connectivity index (χ1) is 8.61. The maximum absolute atomic E-state index is 4.50. The van der Waals surface area contributed by atoms with Gasteiger partial charge in [0.25, 0.3) is 0 Å². The van der Waals surface area contributed by atoms with Crippen LogP contribution in [0, 0.1) is 13.8 Å². The minimum Gasteiger partial charge on any atom is -0.313 e. The lowest BCUT2D eigenvalue weighted by Gasteiger charge is -2.24. The fourth-order valence-corrected chi connectivity index (χ4v) is 2.80. The lowest BCUT2D eigenvalue weighted by molar-refractivity contribution is 0.252. The molecule has 0 aliphatic carbocycles. The zero-order chi connectivity index (χ0) is 13.1. The molecule has 2 heterocycles. The predicted octanol–water partition coefficient (Wildman–Crippen LogP) is 1.61. The summed E-state index contributed by atoms with van der Waals surface area (Å²) in [6.07, 6.45) is 2.65. The van der Waals surface area contributed by atoms with Gasteiger partial charge in [0.2, 0.25) is 0 Å². The first kappa shape index (κ1) is 13.6. The van der Waals surface area contributed by atoms with E-state index in [1.54, 1.807) is 0 Å². The van der Waals surface area contributed by atoms with Crippen LogP contribution in [0.5, 0.6) is 0 Å². The number of aromatic nitrogens is 2. The van der Waals surface area contributed by atoms with Gasteiger partial charge in [-0.15, -0.1) is 0 Å². The van der Waals surface area contributed by atoms with Gasteiger partial charge in [-0.25, -0.2) is 0 Å². The van der Waals surface area contributed by atoms with Crippen LogP contribution in [0.4, 0.5) is 0 Å². The van der Waals surface area contributed by atoms with E-state index < -0.39 is 0 Å². The third-order valence-electron chi connectivity index (χ3n) is 4.13. The maximum Gasteiger partial charge on any atom is 0.0641 e. The molecule has 1 fully saturated rings. The van der Waals surface area contributed by atoms with Crippen LogP contribution in [-0.4, -0.2) is 40.4 Å². The Morgan fingerprint density at radius 1 is 1.44 bits per heavy atom. The van der Waals surface area contributed by atoms with Gasteiger partial charge in [-0.3, -0.25) is 9.58 Å². The summed E-state index contributed by atoms with van der Waals surface area (Å²) >= 11 is 0. The Bertz CT molecular complexity index is 391. The van der Waals surface area contributed by atoms with Crippen molar-refractivity contribution in [1.29, 1.82) is 0 Å². The predicted molar refractivity (Wildman–Crippen MR) is 74.7 cm³/mol. The molecule has 102 valence electrons. The second-order valence-corrected chi connectivity index (χ2v) is 5.39. The molecule has 1 aromatic heterocycles. The third kappa shape index (κ3) is 2.93. The standard InChI is InChI=1S/C14H26N4/c1-5-18(9-13-7-6-8-15-13)10-14-11(2)16-17(4)12(14)3/h13,15H,5-10H2,1-4H3. The first-order valence-corrected chi connectivity index (χ1v) is 7.06. The Morgan fingerprint density at radius 2 is 2.22 bits per heavy atom. The van der Waals surface area contributed by atoms with Gasteiger partial charge in [-0.2, -0.15) is 5.10 Å². The highest BCUT2D eigenvalue weighted by Gasteiger charge is 2.19. The molecule has 0 amide bonds. The van der Waals surface area contributed by atoms with Crippen molar-refractivity contribution in [3.63, 3.8) is 0 Å². The van der Waals surface area contributed by atoms with Gasteiger partial charge in [0, 0.05) is 37.4 Å². The minimum absolute atomic E-state index is 0.683. The molecule has 0 aromatic carbocycles. The molecular weight excluding hydrogens is 224 g/mol. The molecule has 0 radical (unpaired) electrons.